The molecule has 7 aromatic carbocycles. The molecule has 0 radical (unpaired) electrons. The Morgan fingerprint density at radius 2 is 0.851 bits per heavy atom. The summed E-state index contributed by atoms with van der Waals surface area (Å²) in [5.74, 6) is 0. The van der Waals surface area contributed by atoms with Crippen LogP contribution in [0.5, 0.6) is 0 Å². The lowest BCUT2D eigenvalue weighted by Gasteiger charge is -2.10. The van der Waals surface area contributed by atoms with Crippen molar-refractivity contribution in [1.29, 1.82) is 0 Å². The molecule has 10 aromatic rings. The van der Waals surface area contributed by atoms with E-state index in [9.17, 15) is 0 Å². The molecule has 0 fully saturated rings. The second-order valence-electron chi connectivity index (χ2n) is 12.2. The minimum absolute atomic E-state index is 0.917. The van der Waals surface area contributed by atoms with Crippen LogP contribution in [-0.2, 0) is 0 Å². The summed E-state index contributed by atoms with van der Waals surface area (Å²) < 4.78 is 6.06. The Kier molecular flexibility index (Phi) is 5.57. The molecule has 0 bridgehead atoms. The van der Waals surface area contributed by atoms with Crippen LogP contribution in [0, 0.1) is 0 Å². The van der Waals surface area contributed by atoms with Gasteiger partial charge in [-0.15, -0.1) is 0 Å². The highest BCUT2D eigenvalue weighted by Crippen LogP contribution is 2.36. The van der Waals surface area contributed by atoms with Crippen molar-refractivity contribution in [3.05, 3.63) is 158 Å². The second kappa shape index (κ2) is 10.1. The highest BCUT2D eigenvalue weighted by Gasteiger charge is 2.12. The third-order valence-corrected chi connectivity index (χ3v) is 9.43. The summed E-state index contributed by atoms with van der Waals surface area (Å²) in [6.45, 7) is 0. The topological polar surface area (TPSA) is 38.9 Å². The highest BCUT2D eigenvalue weighted by molar-refractivity contribution is 6.11. The molecule has 0 saturated carbocycles. The van der Waals surface area contributed by atoms with Crippen LogP contribution in [0.2, 0.25) is 0 Å². The van der Waals surface area contributed by atoms with Crippen molar-refractivity contribution in [2.45, 2.75) is 0 Å². The molecule has 0 aliphatic heterocycles. The first-order valence-electron chi connectivity index (χ1n) is 15.9. The zero-order valence-electron chi connectivity index (χ0n) is 25.3. The van der Waals surface area contributed by atoms with E-state index in [2.05, 4.69) is 127 Å². The molecular formula is C44H26N2O. The lowest BCUT2D eigenvalue weighted by atomic mass is 9.95. The summed E-state index contributed by atoms with van der Waals surface area (Å²) >= 11 is 0. The lowest BCUT2D eigenvalue weighted by Crippen LogP contribution is -1.91. The molecule has 3 heterocycles. The Bertz CT molecular complexity index is 2850. The third kappa shape index (κ3) is 4.21. The molecule has 0 unspecified atom stereocenters. The van der Waals surface area contributed by atoms with Gasteiger partial charge in [0.1, 0.15) is 11.2 Å². The maximum absolute atomic E-state index is 6.06. The van der Waals surface area contributed by atoms with Gasteiger partial charge in [0.25, 0.3) is 0 Å². The van der Waals surface area contributed by atoms with Crippen LogP contribution in [0.4, 0.5) is 0 Å². The van der Waals surface area contributed by atoms with E-state index in [0.717, 1.165) is 66.3 Å². The summed E-state index contributed by atoms with van der Waals surface area (Å²) in [5.41, 5.74) is 10.1. The largest absolute Gasteiger partial charge is 0.456 e. The SMILES string of the molecule is c1ccc(-c2ccc3ccc4ccc(-c5ccc6c(ccc7cc(-c8ccc9oc%10ccccc%10c9c8)ccc76)c5)nc4c3n2)cc1. The molecule has 218 valence electrons. The fraction of sp³-hybridized carbons (Fsp3) is 0. The Balaban J connectivity index is 1.05. The van der Waals surface area contributed by atoms with E-state index in [1.54, 1.807) is 0 Å². The van der Waals surface area contributed by atoms with Crippen LogP contribution in [-0.4, -0.2) is 9.97 Å². The lowest BCUT2D eigenvalue weighted by molar-refractivity contribution is 0.669. The van der Waals surface area contributed by atoms with Gasteiger partial charge in [0.05, 0.1) is 22.4 Å². The number of furan rings is 1. The molecule has 0 aliphatic rings. The first kappa shape index (κ1) is 26.0. The van der Waals surface area contributed by atoms with Crippen LogP contribution >= 0.6 is 0 Å². The van der Waals surface area contributed by atoms with Crippen molar-refractivity contribution < 1.29 is 4.42 Å². The Hall–Kier alpha value is -6.32. The summed E-state index contributed by atoms with van der Waals surface area (Å²) in [4.78, 5) is 10.3. The molecule has 0 saturated heterocycles. The van der Waals surface area contributed by atoms with Crippen molar-refractivity contribution in [2.24, 2.45) is 0 Å². The average molecular weight is 599 g/mol. The maximum Gasteiger partial charge on any atom is 0.135 e. The second-order valence-corrected chi connectivity index (χ2v) is 12.2. The Morgan fingerprint density at radius 1 is 0.319 bits per heavy atom. The van der Waals surface area contributed by atoms with Crippen LogP contribution in [0.3, 0.4) is 0 Å². The molecule has 3 aromatic heterocycles. The van der Waals surface area contributed by atoms with Gasteiger partial charge in [-0.1, -0.05) is 115 Å². The zero-order chi connectivity index (χ0) is 30.9. The van der Waals surface area contributed by atoms with Crippen molar-refractivity contribution in [1.82, 2.24) is 9.97 Å². The Morgan fingerprint density at radius 3 is 1.60 bits per heavy atom. The number of hydrogen-bond acceptors (Lipinski definition) is 3. The number of rotatable bonds is 3. The molecule has 0 N–H and O–H groups in total. The fourth-order valence-corrected chi connectivity index (χ4v) is 7.01. The number of benzene rings is 7. The van der Waals surface area contributed by atoms with Gasteiger partial charge in [-0.3, -0.25) is 0 Å². The van der Waals surface area contributed by atoms with E-state index in [1.807, 2.05) is 30.3 Å². The molecule has 0 aliphatic carbocycles. The molecule has 47 heavy (non-hydrogen) atoms. The van der Waals surface area contributed by atoms with Crippen LogP contribution in [0.1, 0.15) is 0 Å². The highest BCUT2D eigenvalue weighted by atomic mass is 16.3. The van der Waals surface area contributed by atoms with Crippen molar-refractivity contribution in [3.63, 3.8) is 0 Å². The van der Waals surface area contributed by atoms with E-state index in [-0.39, 0.29) is 0 Å². The molecular weight excluding hydrogens is 572 g/mol. The van der Waals surface area contributed by atoms with Crippen LogP contribution in [0.25, 0.3) is 98.9 Å². The van der Waals surface area contributed by atoms with Gasteiger partial charge in [-0.25, -0.2) is 9.97 Å². The normalized spacial score (nSPS) is 11.8. The van der Waals surface area contributed by atoms with Crippen molar-refractivity contribution in [2.75, 3.05) is 0 Å². The predicted molar refractivity (Wildman–Crippen MR) is 196 cm³/mol. The van der Waals surface area contributed by atoms with E-state index >= 15 is 0 Å². The monoisotopic (exact) mass is 598 g/mol. The third-order valence-electron chi connectivity index (χ3n) is 9.43. The predicted octanol–water partition coefficient (Wildman–Crippen LogP) is 12.0. The number of para-hydroxylation sites is 1. The first-order valence-corrected chi connectivity index (χ1v) is 15.9. The van der Waals surface area contributed by atoms with E-state index in [1.165, 1.54) is 32.7 Å². The van der Waals surface area contributed by atoms with Crippen molar-refractivity contribution >= 4 is 65.3 Å². The van der Waals surface area contributed by atoms with Gasteiger partial charge in [0.2, 0.25) is 0 Å². The number of aromatic nitrogens is 2. The first-order chi connectivity index (χ1) is 23.2. The molecule has 3 nitrogen and oxygen atoms in total. The molecule has 0 atom stereocenters. The smallest absolute Gasteiger partial charge is 0.135 e. The minimum Gasteiger partial charge on any atom is -0.456 e. The number of fused-ring (bicyclic) bond motifs is 9. The summed E-state index contributed by atoms with van der Waals surface area (Å²) in [6, 6.07) is 55.7. The number of pyridine rings is 2. The molecule has 10 rings (SSSR count). The van der Waals surface area contributed by atoms with E-state index < -0.39 is 0 Å². The summed E-state index contributed by atoms with van der Waals surface area (Å²) in [5, 5.41) is 9.35. The van der Waals surface area contributed by atoms with Gasteiger partial charge in [-0.05, 0) is 75.1 Å². The van der Waals surface area contributed by atoms with Crippen LogP contribution < -0.4 is 0 Å². The molecule has 0 spiro atoms. The van der Waals surface area contributed by atoms with Gasteiger partial charge >= 0.3 is 0 Å². The summed E-state index contributed by atoms with van der Waals surface area (Å²) in [6.07, 6.45) is 0. The van der Waals surface area contributed by atoms with Crippen molar-refractivity contribution in [3.8, 4) is 33.6 Å². The van der Waals surface area contributed by atoms with E-state index in [4.69, 9.17) is 14.4 Å². The standard InChI is InChI=1S/C44H26N2O/c1-2-6-27(7-3-1)39-21-16-28-10-11-29-17-22-40(46-44(29)43(28)45-39)34-15-20-36-33(25-34)13-12-32-24-30(14-19-35(32)36)31-18-23-42-38(26-31)37-8-4-5-9-41(37)47-42/h1-26H. The summed E-state index contributed by atoms with van der Waals surface area (Å²) in [7, 11) is 0. The Labute approximate surface area is 270 Å². The van der Waals surface area contributed by atoms with Gasteiger partial charge < -0.3 is 4.42 Å². The van der Waals surface area contributed by atoms with Gasteiger partial charge in [0, 0.05) is 32.7 Å². The van der Waals surface area contributed by atoms with E-state index in [0.29, 0.717) is 0 Å². The minimum atomic E-state index is 0.917. The fourth-order valence-electron chi connectivity index (χ4n) is 7.01. The molecule has 3 heteroatoms. The van der Waals surface area contributed by atoms with Gasteiger partial charge in [-0.2, -0.15) is 0 Å². The zero-order valence-corrected chi connectivity index (χ0v) is 25.3. The average Bonchev–Trinajstić information content (AvgIpc) is 3.52. The maximum atomic E-state index is 6.06. The number of nitrogens with zero attached hydrogens (tertiary/aromatic N) is 2. The van der Waals surface area contributed by atoms with Gasteiger partial charge in [0.15, 0.2) is 0 Å². The number of hydrogen-bond donors (Lipinski definition) is 0. The van der Waals surface area contributed by atoms with Crippen LogP contribution in [0.15, 0.2) is 162 Å². The molecule has 0 amide bonds. The quantitative estimate of drug-likeness (QED) is 0.190.